The average molecular weight is 468 g/mol. The molecule has 4 saturated carbocycles. The van der Waals surface area contributed by atoms with E-state index in [0.717, 1.165) is 60.1 Å². The van der Waals surface area contributed by atoms with Gasteiger partial charge >= 0.3 is 0 Å². The second-order valence-electron chi connectivity index (χ2n) is 13.0. The van der Waals surface area contributed by atoms with Gasteiger partial charge in [-0.25, -0.2) is 4.39 Å². The lowest BCUT2D eigenvalue weighted by atomic mass is 9.44. The number of amides is 1. The summed E-state index contributed by atoms with van der Waals surface area (Å²) < 4.78 is 13.4. The first-order valence-electron chi connectivity index (χ1n) is 14.1. The van der Waals surface area contributed by atoms with Gasteiger partial charge in [0.05, 0.1) is 12.6 Å². The molecule has 0 bridgehead atoms. The number of aliphatic hydroxyl groups is 1. The zero-order valence-corrected chi connectivity index (χ0v) is 21.1. The van der Waals surface area contributed by atoms with Crippen molar-refractivity contribution in [3.05, 3.63) is 29.6 Å². The number of carbonyl (C=O) groups excluding carboxylic acids is 1. The largest absolute Gasteiger partial charge is 0.393 e. The molecule has 0 spiro atoms. The number of hydrogen-bond donors (Lipinski definition) is 1. The molecule has 1 heterocycles. The summed E-state index contributed by atoms with van der Waals surface area (Å²) in [6.45, 7) is 5.73. The molecule has 1 aromatic rings. The maximum absolute atomic E-state index is 13.4. The van der Waals surface area contributed by atoms with Crippen molar-refractivity contribution >= 4 is 11.6 Å². The van der Waals surface area contributed by atoms with Crippen molar-refractivity contribution in [2.45, 2.75) is 104 Å². The normalized spacial score (nSPS) is 42.8. The molecule has 1 aliphatic heterocycles. The number of benzene rings is 1. The molecule has 4 fully saturated rings. The molecule has 6 rings (SSSR count). The van der Waals surface area contributed by atoms with E-state index < -0.39 is 0 Å². The molecule has 34 heavy (non-hydrogen) atoms. The minimum Gasteiger partial charge on any atom is -0.393 e. The van der Waals surface area contributed by atoms with Gasteiger partial charge < -0.3 is 10.0 Å². The Morgan fingerprint density at radius 1 is 1.06 bits per heavy atom. The van der Waals surface area contributed by atoms with Gasteiger partial charge in [0.2, 0.25) is 5.91 Å². The predicted octanol–water partition coefficient (Wildman–Crippen LogP) is 6.86. The molecule has 8 atom stereocenters. The van der Waals surface area contributed by atoms with Gasteiger partial charge in [0, 0.05) is 12.1 Å². The molecular formula is C30H42FNO2. The summed E-state index contributed by atoms with van der Waals surface area (Å²) in [7, 11) is 0. The monoisotopic (exact) mass is 467 g/mol. The third kappa shape index (κ3) is 3.49. The van der Waals surface area contributed by atoms with E-state index in [1.54, 1.807) is 12.1 Å². The number of rotatable bonds is 4. The highest BCUT2D eigenvalue weighted by Gasteiger charge is 2.59. The van der Waals surface area contributed by atoms with Crippen molar-refractivity contribution in [1.82, 2.24) is 0 Å². The van der Waals surface area contributed by atoms with Crippen LogP contribution in [0.4, 0.5) is 10.1 Å². The Hall–Kier alpha value is -1.42. The smallest absolute Gasteiger partial charge is 0.227 e. The molecule has 4 heteroatoms. The van der Waals surface area contributed by atoms with E-state index in [4.69, 9.17) is 0 Å². The highest BCUT2D eigenvalue weighted by atomic mass is 19.1. The minimum absolute atomic E-state index is 0.0621. The molecule has 186 valence electrons. The zero-order chi connectivity index (χ0) is 23.7. The molecule has 1 N–H and O–H groups in total. The fraction of sp³-hybridized carbons (Fsp3) is 0.767. The first-order valence-corrected chi connectivity index (χ1v) is 14.1. The highest BCUT2D eigenvalue weighted by molar-refractivity contribution is 5.97. The number of halogens is 1. The van der Waals surface area contributed by atoms with Gasteiger partial charge in [0.1, 0.15) is 5.82 Å². The fourth-order valence-corrected chi connectivity index (χ4v) is 9.78. The lowest BCUT2D eigenvalue weighted by Gasteiger charge is -2.61. The van der Waals surface area contributed by atoms with Crippen LogP contribution in [0.3, 0.4) is 0 Å². The molecule has 1 amide bonds. The van der Waals surface area contributed by atoms with Gasteiger partial charge in [-0.1, -0.05) is 13.8 Å². The van der Waals surface area contributed by atoms with E-state index in [1.807, 2.05) is 4.90 Å². The predicted molar refractivity (Wildman–Crippen MR) is 133 cm³/mol. The fourth-order valence-electron chi connectivity index (χ4n) is 9.78. The summed E-state index contributed by atoms with van der Waals surface area (Å²) in [4.78, 5) is 14.6. The van der Waals surface area contributed by atoms with Gasteiger partial charge in [-0.2, -0.15) is 0 Å². The summed E-state index contributed by atoms with van der Waals surface area (Å²) in [5, 5.41) is 10.3. The van der Waals surface area contributed by atoms with E-state index >= 15 is 0 Å². The molecule has 4 aliphatic carbocycles. The van der Waals surface area contributed by atoms with Crippen molar-refractivity contribution < 1.29 is 14.3 Å². The standard InChI is InChI=1S/C30H42FNO2/c1-29-15-13-26-24(9-6-21-17-23(33)12-14-30(21,26)2)25(29)10-7-20(29)4-3-5-28(34)32-18-19-16-22(31)8-11-27(19)32/h8,11,16,20-21,23-26,33H,3-7,9-10,12-15,17-18H2,1-2H3/t20?,21?,23-,24?,25?,26?,29?,30?/m1/s1. The van der Waals surface area contributed by atoms with Crippen molar-refractivity contribution in [2.75, 3.05) is 4.90 Å². The number of carbonyl (C=O) groups is 1. The van der Waals surface area contributed by atoms with Crippen LogP contribution in [0.5, 0.6) is 0 Å². The lowest BCUT2D eigenvalue weighted by molar-refractivity contribution is -0.127. The molecule has 5 aliphatic rings. The maximum atomic E-state index is 13.4. The molecule has 1 aromatic carbocycles. The van der Waals surface area contributed by atoms with Gasteiger partial charge in [0.25, 0.3) is 0 Å². The van der Waals surface area contributed by atoms with Gasteiger partial charge in [-0.3, -0.25) is 4.79 Å². The number of anilines is 1. The van der Waals surface area contributed by atoms with Crippen molar-refractivity contribution in [3.63, 3.8) is 0 Å². The maximum Gasteiger partial charge on any atom is 0.227 e. The summed E-state index contributed by atoms with van der Waals surface area (Å²) in [6, 6.07) is 4.76. The van der Waals surface area contributed by atoms with Crippen LogP contribution in [0.2, 0.25) is 0 Å². The first-order chi connectivity index (χ1) is 16.3. The SMILES string of the molecule is CC12CCC3C(CCC4C[C@H](O)CCC43C)C1CCC2CCCC(=O)N1Cc2cc(F)ccc21. The van der Waals surface area contributed by atoms with E-state index in [-0.39, 0.29) is 17.8 Å². The van der Waals surface area contributed by atoms with Crippen LogP contribution < -0.4 is 4.90 Å². The number of nitrogens with zero attached hydrogens (tertiary/aromatic N) is 1. The van der Waals surface area contributed by atoms with E-state index in [2.05, 4.69) is 13.8 Å². The molecule has 3 nitrogen and oxygen atoms in total. The van der Waals surface area contributed by atoms with Crippen LogP contribution in [0.25, 0.3) is 0 Å². The van der Waals surface area contributed by atoms with Crippen molar-refractivity contribution in [2.24, 2.45) is 40.4 Å². The minimum atomic E-state index is -0.215. The Morgan fingerprint density at radius 3 is 2.68 bits per heavy atom. The summed E-state index contributed by atoms with van der Waals surface area (Å²) >= 11 is 0. The van der Waals surface area contributed by atoms with Crippen LogP contribution in [0, 0.1) is 46.2 Å². The zero-order valence-electron chi connectivity index (χ0n) is 21.1. The Balaban J connectivity index is 1.07. The van der Waals surface area contributed by atoms with Crippen LogP contribution >= 0.6 is 0 Å². The molecule has 7 unspecified atom stereocenters. The molecule has 0 aromatic heterocycles. The van der Waals surface area contributed by atoms with Crippen molar-refractivity contribution in [1.29, 1.82) is 0 Å². The Labute approximate surface area is 204 Å². The Kier molecular flexibility index (Phi) is 5.63. The van der Waals surface area contributed by atoms with Crippen molar-refractivity contribution in [3.8, 4) is 0 Å². The lowest BCUT2D eigenvalue weighted by Crippen LogP contribution is -2.53. The van der Waals surface area contributed by atoms with E-state index in [9.17, 15) is 14.3 Å². The highest BCUT2D eigenvalue weighted by Crippen LogP contribution is 2.67. The molecular weight excluding hydrogens is 425 g/mol. The molecule has 0 radical (unpaired) electrons. The number of aliphatic hydroxyl groups excluding tert-OH is 1. The second kappa shape index (κ2) is 8.32. The molecule has 0 saturated heterocycles. The van der Waals surface area contributed by atoms with Gasteiger partial charge in [-0.15, -0.1) is 0 Å². The summed E-state index contributed by atoms with van der Waals surface area (Å²) in [5.74, 6) is 4.06. The summed E-state index contributed by atoms with van der Waals surface area (Å²) in [5.41, 5.74) is 2.75. The van der Waals surface area contributed by atoms with Crippen LogP contribution in [0.1, 0.15) is 96.5 Å². The third-order valence-electron chi connectivity index (χ3n) is 11.7. The van der Waals surface area contributed by atoms with Crippen LogP contribution in [-0.2, 0) is 11.3 Å². The topological polar surface area (TPSA) is 40.5 Å². The van der Waals surface area contributed by atoms with E-state index in [0.29, 0.717) is 23.8 Å². The van der Waals surface area contributed by atoms with Crippen LogP contribution in [-0.4, -0.2) is 17.1 Å². The number of fused-ring (bicyclic) bond motifs is 6. The Morgan fingerprint density at radius 2 is 1.85 bits per heavy atom. The summed E-state index contributed by atoms with van der Waals surface area (Å²) in [6.07, 6.45) is 14.1. The van der Waals surface area contributed by atoms with Gasteiger partial charge in [-0.05, 0) is 135 Å². The van der Waals surface area contributed by atoms with Gasteiger partial charge in [0.15, 0.2) is 0 Å². The Bertz CT molecular complexity index is 963. The average Bonchev–Trinajstić information content (AvgIpc) is 3.12. The van der Waals surface area contributed by atoms with E-state index in [1.165, 1.54) is 57.4 Å². The quantitative estimate of drug-likeness (QED) is 0.525. The third-order valence-corrected chi connectivity index (χ3v) is 11.7. The first kappa shape index (κ1) is 23.0. The van der Waals surface area contributed by atoms with Crippen LogP contribution in [0.15, 0.2) is 18.2 Å². The second-order valence-corrected chi connectivity index (χ2v) is 13.0. The number of hydrogen-bond acceptors (Lipinski definition) is 2.